The minimum atomic E-state index is -0.354. The van der Waals surface area contributed by atoms with Gasteiger partial charge < -0.3 is 15.0 Å². The smallest absolute Gasteiger partial charge is 0.255 e. The van der Waals surface area contributed by atoms with Gasteiger partial charge in [0.05, 0.1) is 17.8 Å². The van der Waals surface area contributed by atoms with Crippen LogP contribution < -0.4 is 15.0 Å². The Balaban J connectivity index is 1.74. The average Bonchev–Trinajstić information content (AvgIpc) is 3.04. The van der Waals surface area contributed by atoms with Gasteiger partial charge in [0, 0.05) is 24.7 Å². The Bertz CT molecular complexity index is 692. The van der Waals surface area contributed by atoms with Crippen LogP contribution in [0.15, 0.2) is 12.1 Å². The highest BCUT2D eigenvalue weighted by Crippen LogP contribution is 2.41. The zero-order chi connectivity index (χ0) is 19.6. The third-order valence-electron chi connectivity index (χ3n) is 5.48. The highest BCUT2D eigenvalue weighted by atomic mass is 35.5. The molecule has 0 radical (unpaired) electrons. The number of carbonyl (C=O) groups excluding carboxylic acids is 1. The molecular formula is C21H32ClN3O2. The maximum Gasteiger partial charge on any atom is 0.255 e. The predicted molar refractivity (Wildman–Crippen MR) is 111 cm³/mol. The van der Waals surface area contributed by atoms with Gasteiger partial charge in [-0.15, -0.1) is 0 Å². The zero-order valence-corrected chi connectivity index (χ0v) is 17.7. The molecule has 1 N–H and O–H groups in total. The van der Waals surface area contributed by atoms with Crippen LogP contribution in [0.2, 0.25) is 5.02 Å². The van der Waals surface area contributed by atoms with E-state index in [1.807, 2.05) is 27.0 Å². The third-order valence-corrected chi connectivity index (χ3v) is 5.70. The van der Waals surface area contributed by atoms with Gasteiger partial charge in [-0.05, 0) is 58.3 Å². The van der Waals surface area contributed by atoms with E-state index in [1.54, 1.807) is 6.07 Å². The summed E-state index contributed by atoms with van der Waals surface area (Å²) in [6, 6.07) is 4.01. The lowest BCUT2D eigenvalue weighted by Gasteiger charge is -2.39. The summed E-state index contributed by atoms with van der Waals surface area (Å²) in [4.78, 5) is 17.6. The molecule has 1 aromatic rings. The molecule has 0 aromatic heterocycles. The van der Waals surface area contributed by atoms with Gasteiger partial charge >= 0.3 is 0 Å². The van der Waals surface area contributed by atoms with E-state index < -0.39 is 0 Å². The molecule has 0 bridgehead atoms. The molecule has 0 spiro atoms. The van der Waals surface area contributed by atoms with Crippen molar-refractivity contribution in [1.82, 2.24) is 10.2 Å². The molecule has 1 saturated heterocycles. The normalized spacial score (nSPS) is 21.7. The van der Waals surface area contributed by atoms with E-state index in [2.05, 4.69) is 22.0 Å². The molecule has 5 nitrogen and oxygen atoms in total. The van der Waals surface area contributed by atoms with Crippen molar-refractivity contribution >= 4 is 23.2 Å². The second-order valence-corrected chi connectivity index (χ2v) is 8.85. The molecule has 1 fully saturated rings. The minimum Gasteiger partial charge on any atom is -0.483 e. The number of rotatable bonds is 6. The summed E-state index contributed by atoms with van der Waals surface area (Å²) in [7, 11) is 2.01. The summed E-state index contributed by atoms with van der Waals surface area (Å²) in [5.41, 5.74) is 1.04. The molecule has 27 heavy (non-hydrogen) atoms. The van der Waals surface area contributed by atoms with E-state index in [4.69, 9.17) is 16.3 Å². The van der Waals surface area contributed by atoms with Crippen molar-refractivity contribution in [2.45, 2.75) is 58.1 Å². The van der Waals surface area contributed by atoms with E-state index in [0.29, 0.717) is 28.9 Å². The number of fused-ring (bicyclic) bond motifs is 1. The summed E-state index contributed by atoms with van der Waals surface area (Å²) in [5.74, 6) is 0.520. The van der Waals surface area contributed by atoms with Crippen molar-refractivity contribution in [2.75, 3.05) is 38.1 Å². The lowest BCUT2D eigenvalue weighted by Crippen LogP contribution is -2.46. The summed E-state index contributed by atoms with van der Waals surface area (Å²) in [6.07, 6.45) is 4.76. The number of unbranched alkanes of at least 4 members (excludes halogenated alkanes) is 1. The molecule has 1 unspecified atom stereocenters. The first-order valence-electron chi connectivity index (χ1n) is 10.1. The van der Waals surface area contributed by atoms with Crippen molar-refractivity contribution in [3.8, 4) is 5.75 Å². The van der Waals surface area contributed by atoms with Crippen LogP contribution in [0, 0.1) is 0 Å². The van der Waals surface area contributed by atoms with Crippen LogP contribution in [-0.2, 0) is 0 Å². The van der Waals surface area contributed by atoms with Crippen LogP contribution in [0.5, 0.6) is 5.75 Å². The van der Waals surface area contributed by atoms with Gasteiger partial charge in [0.25, 0.3) is 5.91 Å². The van der Waals surface area contributed by atoms with E-state index in [9.17, 15) is 4.79 Å². The Morgan fingerprint density at radius 2 is 2.19 bits per heavy atom. The molecule has 6 heteroatoms. The van der Waals surface area contributed by atoms with Crippen molar-refractivity contribution in [3.05, 3.63) is 22.7 Å². The summed E-state index contributed by atoms with van der Waals surface area (Å²) in [6.45, 7) is 9.95. The van der Waals surface area contributed by atoms with Gasteiger partial charge in [-0.2, -0.15) is 0 Å². The number of anilines is 1. The third kappa shape index (κ3) is 4.69. The lowest BCUT2D eigenvalue weighted by atomic mass is 10.0. The molecular weight excluding hydrogens is 362 g/mol. The van der Waals surface area contributed by atoms with Crippen LogP contribution in [0.25, 0.3) is 0 Å². The Morgan fingerprint density at radius 1 is 1.41 bits per heavy atom. The molecule has 1 aromatic carbocycles. The number of halogens is 1. The second kappa shape index (κ2) is 8.27. The van der Waals surface area contributed by atoms with E-state index >= 15 is 0 Å². The van der Waals surface area contributed by atoms with Crippen LogP contribution >= 0.6 is 11.6 Å². The molecule has 1 amide bonds. The highest BCUT2D eigenvalue weighted by Gasteiger charge is 2.34. The molecule has 0 saturated carbocycles. The fourth-order valence-electron chi connectivity index (χ4n) is 4.19. The fourth-order valence-corrected chi connectivity index (χ4v) is 4.40. The number of benzene rings is 1. The quantitative estimate of drug-likeness (QED) is 0.795. The number of likely N-dealkylation sites (N-methyl/N-ethyl adjacent to an activating group) is 1. The molecule has 3 rings (SSSR count). The highest BCUT2D eigenvalue weighted by molar-refractivity contribution is 6.31. The number of nitrogens with one attached hydrogen (secondary N) is 1. The van der Waals surface area contributed by atoms with Gasteiger partial charge in [-0.25, -0.2) is 0 Å². The van der Waals surface area contributed by atoms with Crippen molar-refractivity contribution in [2.24, 2.45) is 0 Å². The molecule has 150 valence electrons. The van der Waals surface area contributed by atoms with Crippen LogP contribution in [0.3, 0.4) is 0 Å². The molecule has 0 aliphatic carbocycles. The van der Waals surface area contributed by atoms with Gasteiger partial charge in [-0.3, -0.25) is 9.69 Å². The largest absolute Gasteiger partial charge is 0.483 e. The molecule has 1 atom stereocenters. The van der Waals surface area contributed by atoms with Crippen molar-refractivity contribution < 1.29 is 9.53 Å². The first-order valence-corrected chi connectivity index (χ1v) is 10.4. The summed E-state index contributed by atoms with van der Waals surface area (Å²) in [5, 5.41) is 3.68. The van der Waals surface area contributed by atoms with Gasteiger partial charge in [-0.1, -0.05) is 24.9 Å². The Hall–Kier alpha value is -1.46. The topological polar surface area (TPSA) is 44.8 Å². The van der Waals surface area contributed by atoms with Gasteiger partial charge in [0.1, 0.15) is 5.60 Å². The number of ether oxygens (including phenoxy) is 1. The molecule has 2 aliphatic rings. The maximum atomic E-state index is 13.0. The summed E-state index contributed by atoms with van der Waals surface area (Å²) < 4.78 is 6.17. The minimum absolute atomic E-state index is 0.109. The first kappa shape index (κ1) is 20.3. The Morgan fingerprint density at radius 3 is 2.93 bits per heavy atom. The summed E-state index contributed by atoms with van der Waals surface area (Å²) >= 11 is 6.30. The maximum absolute atomic E-state index is 13.0. The fraction of sp³-hybridized carbons (Fsp3) is 0.667. The predicted octanol–water partition coefficient (Wildman–Crippen LogP) is 3.94. The number of amides is 1. The number of hydrogen-bond acceptors (Lipinski definition) is 4. The van der Waals surface area contributed by atoms with Crippen molar-refractivity contribution in [3.63, 3.8) is 0 Å². The number of carbonyl (C=O) groups is 1. The van der Waals surface area contributed by atoms with Crippen LogP contribution in [-0.4, -0.2) is 55.7 Å². The standard InChI is InChI=1S/C21H32ClN3O2/c1-5-6-9-25-10-7-8-16(25)13-23-20(26)17-11-15(22)12-18-19(17)27-21(2,3)14-24(18)4/h11-12,16H,5-10,13-14H2,1-4H3,(H,23,26). The second-order valence-electron chi connectivity index (χ2n) is 8.42. The lowest BCUT2D eigenvalue weighted by molar-refractivity contribution is 0.0894. The average molecular weight is 394 g/mol. The zero-order valence-electron chi connectivity index (χ0n) is 17.0. The molecule has 2 aliphatic heterocycles. The van der Waals surface area contributed by atoms with E-state index in [1.165, 1.54) is 19.3 Å². The SMILES string of the molecule is CCCCN1CCCC1CNC(=O)c1cc(Cl)cc2c1OC(C)(C)CN2C. The van der Waals surface area contributed by atoms with Gasteiger partial charge in [0.2, 0.25) is 0 Å². The number of nitrogens with zero attached hydrogens (tertiary/aromatic N) is 2. The monoisotopic (exact) mass is 393 g/mol. The van der Waals surface area contributed by atoms with Crippen LogP contribution in [0.1, 0.15) is 56.8 Å². The number of hydrogen-bond donors (Lipinski definition) is 1. The van der Waals surface area contributed by atoms with Crippen molar-refractivity contribution in [1.29, 1.82) is 0 Å². The van der Waals surface area contributed by atoms with E-state index in [-0.39, 0.29) is 11.5 Å². The Labute approximate surface area is 168 Å². The number of likely N-dealkylation sites (tertiary alicyclic amines) is 1. The molecule has 2 heterocycles. The Kier molecular flexibility index (Phi) is 6.21. The van der Waals surface area contributed by atoms with Gasteiger partial charge in [0.15, 0.2) is 5.75 Å². The first-order chi connectivity index (χ1) is 12.8. The van der Waals surface area contributed by atoms with Crippen LogP contribution in [0.4, 0.5) is 5.69 Å². The van der Waals surface area contributed by atoms with E-state index in [0.717, 1.165) is 31.7 Å².